The van der Waals surface area contributed by atoms with Crippen LogP contribution in [0.4, 0.5) is 0 Å². The third-order valence-corrected chi connectivity index (χ3v) is 23.4. The first-order valence-electron chi connectivity index (χ1n) is 13.4. The van der Waals surface area contributed by atoms with Crippen molar-refractivity contribution in [3.05, 3.63) is 0 Å². The zero-order valence-electron chi connectivity index (χ0n) is 29.5. The van der Waals surface area contributed by atoms with Gasteiger partial charge in [-0.1, -0.05) is 0 Å². The van der Waals surface area contributed by atoms with Crippen LogP contribution < -0.4 is 0 Å². The van der Waals surface area contributed by atoms with E-state index in [2.05, 4.69) is 127 Å². The summed E-state index contributed by atoms with van der Waals surface area (Å²) in [7, 11) is 30.5. The number of likely N-dealkylation sites (N-methyl/N-ethyl adjacent to an activating group) is 2. The Morgan fingerprint density at radius 3 is 1.05 bits per heavy atom. The number of rotatable bonds is 16. The van der Waals surface area contributed by atoms with Crippen LogP contribution in [0, 0.1) is 0 Å². The first-order valence-corrected chi connectivity index (χ1v) is 19.9. The fourth-order valence-electron chi connectivity index (χ4n) is 5.31. The van der Waals surface area contributed by atoms with Crippen LogP contribution in [0.15, 0.2) is 9.03 Å². The molecule has 0 aliphatic heterocycles. The predicted molar refractivity (Wildman–Crippen MR) is 183 cm³/mol. The predicted octanol–water partition coefficient (Wildman–Crippen LogP) is 3.31. The van der Waals surface area contributed by atoms with Crippen molar-refractivity contribution in [3.63, 3.8) is 0 Å². The van der Waals surface area contributed by atoms with Gasteiger partial charge in [-0.25, -0.2) is 0 Å². The van der Waals surface area contributed by atoms with Gasteiger partial charge in [-0.2, -0.15) is 0 Å². The van der Waals surface area contributed by atoms with E-state index in [-0.39, 0.29) is 0 Å². The molecule has 0 aromatic rings. The molecule has 40 heavy (non-hydrogen) atoms. The monoisotopic (exact) mass is 651 g/mol. The van der Waals surface area contributed by atoms with Gasteiger partial charge in [-0.05, 0) is 0 Å². The standard InChI is InChI=1S/C22H65N13OP4/c1-25(2)37(26(3)4,27(5)6)23-38(28(7)8,29(9)10)34(19)21-22-35(20)39(30(11)12,31(13)14)24-40(36,32(15)16)33(17)18/h38H,21-22H2,1-20H3. The van der Waals surface area contributed by atoms with Gasteiger partial charge in [0.15, 0.2) is 0 Å². The molecule has 0 radical (unpaired) electrons. The van der Waals surface area contributed by atoms with Crippen LogP contribution in [-0.2, 0) is 4.57 Å². The molecule has 0 bridgehead atoms. The third-order valence-electron chi connectivity index (χ3n) is 7.16. The Morgan fingerprint density at radius 2 is 0.800 bits per heavy atom. The molecule has 14 nitrogen and oxygen atoms in total. The van der Waals surface area contributed by atoms with Crippen molar-refractivity contribution in [2.24, 2.45) is 9.03 Å². The van der Waals surface area contributed by atoms with E-state index in [0.29, 0.717) is 6.54 Å². The fraction of sp³-hybridized carbons (Fsp3) is 1.00. The van der Waals surface area contributed by atoms with Gasteiger partial charge >= 0.3 is 249 Å². The third kappa shape index (κ3) is 7.84. The number of nitrogens with zero attached hydrogens (tertiary/aromatic N) is 13. The molecule has 18 heteroatoms. The Morgan fingerprint density at radius 1 is 0.475 bits per heavy atom. The SMILES string of the molecule is CN(C)P(=O)(N=P(N(C)C)(N(C)C)N(C)CCN(C)[PH](N=P(N(C)C)(N(C)C)N(C)C)(N(C)C)N(C)C)N(C)C. The summed E-state index contributed by atoms with van der Waals surface area (Å²) in [5.74, 6) is 0. The summed E-state index contributed by atoms with van der Waals surface area (Å²) in [5, 5.41) is 0. The molecule has 0 aliphatic rings. The van der Waals surface area contributed by atoms with Gasteiger partial charge in [0.2, 0.25) is 0 Å². The van der Waals surface area contributed by atoms with Crippen LogP contribution in [0.2, 0.25) is 0 Å². The summed E-state index contributed by atoms with van der Waals surface area (Å²) in [6.45, 7) is 1.47. The zero-order chi connectivity index (χ0) is 32.2. The van der Waals surface area contributed by atoms with Gasteiger partial charge < -0.3 is 0 Å². The van der Waals surface area contributed by atoms with Crippen LogP contribution in [0.25, 0.3) is 0 Å². The minimum atomic E-state index is -3.15. The van der Waals surface area contributed by atoms with E-state index >= 15 is 0 Å². The molecule has 0 rings (SSSR count). The molecule has 0 fully saturated rings. The maximum atomic E-state index is 14.2. The van der Waals surface area contributed by atoms with Crippen molar-refractivity contribution in [3.8, 4) is 0 Å². The first kappa shape index (κ1) is 40.7. The Bertz CT molecular complexity index is 890. The number of hydrogen-bond donors (Lipinski definition) is 0. The molecule has 0 atom stereocenters. The molecule has 0 spiro atoms. The molecule has 0 unspecified atom stereocenters. The summed E-state index contributed by atoms with van der Waals surface area (Å²) >= 11 is 0. The molecular formula is C22H65N13OP4. The fourth-order valence-corrected chi connectivity index (χ4v) is 23.0. The average Bonchev–Trinajstić information content (AvgIpc) is 2.79. The molecule has 0 N–H and O–H groups in total. The minimum absolute atomic E-state index is 0.717. The maximum absolute atomic E-state index is 14.2. The number of hydrogen-bond acceptors (Lipinski definition) is 5. The van der Waals surface area contributed by atoms with E-state index in [9.17, 15) is 4.57 Å². The van der Waals surface area contributed by atoms with Gasteiger partial charge in [0.1, 0.15) is 0 Å². The normalized spacial score (nSPS) is 15.2. The van der Waals surface area contributed by atoms with Gasteiger partial charge in [0.05, 0.1) is 0 Å². The summed E-state index contributed by atoms with van der Waals surface area (Å²) in [4.78, 5) is 0. The van der Waals surface area contributed by atoms with Crippen molar-refractivity contribution >= 4 is 30.5 Å². The molecule has 0 saturated carbocycles. The van der Waals surface area contributed by atoms with Gasteiger partial charge in [0, 0.05) is 0 Å². The van der Waals surface area contributed by atoms with E-state index in [1.165, 1.54) is 0 Å². The van der Waals surface area contributed by atoms with Gasteiger partial charge in [-0.3, -0.25) is 0 Å². The molecule has 0 amide bonds. The van der Waals surface area contributed by atoms with Crippen LogP contribution in [0.3, 0.4) is 0 Å². The summed E-state index contributed by atoms with van der Waals surface area (Å²) < 4.78 is 49.2. The second-order valence-corrected chi connectivity index (χ2v) is 26.6. The second-order valence-electron chi connectivity index (χ2n) is 11.9. The topological polar surface area (TPSA) is 77.4 Å². The van der Waals surface area contributed by atoms with Crippen molar-refractivity contribution in [1.29, 1.82) is 0 Å². The Hall–Kier alpha value is 0.680. The molecular weight excluding hydrogens is 586 g/mol. The molecule has 0 heterocycles. The van der Waals surface area contributed by atoms with E-state index in [0.717, 1.165) is 6.54 Å². The summed E-state index contributed by atoms with van der Waals surface area (Å²) in [6, 6.07) is 0. The van der Waals surface area contributed by atoms with Gasteiger partial charge in [-0.15, -0.1) is 0 Å². The van der Waals surface area contributed by atoms with E-state index in [1.807, 2.05) is 56.4 Å². The van der Waals surface area contributed by atoms with Crippen LogP contribution >= 0.6 is 30.5 Å². The molecule has 0 aromatic carbocycles. The molecule has 244 valence electrons. The van der Waals surface area contributed by atoms with Crippen molar-refractivity contribution < 1.29 is 4.57 Å². The second kappa shape index (κ2) is 15.6. The Kier molecular flexibility index (Phi) is 15.9. The van der Waals surface area contributed by atoms with E-state index < -0.39 is 30.5 Å². The Balaban J connectivity index is 7.12. The Labute approximate surface area is 249 Å². The first-order chi connectivity index (χ1) is 18.0. The quantitative estimate of drug-likeness (QED) is 0.230. The van der Waals surface area contributed by atoms with Crippen molar-refractivity contribution in [2.75, 3.05) is 154 Å². The van der Waals surface area contributed by atoms with E-state index in [4.69, 9.17) is 9.03 Å². The van der Waals surface area contributed by atoms with E-state index in [1.54, 1.807) is 9.34 Å². The molecule has 0 aliphatic carbocycles. The van der Waals surface area contributed by atoms with Gasteiger partial charge in [0.25, 0.3) is 0 Å². The van der Waals surface area contributed by atoms with Crippen LogP contribution in [-0.4, -0.2) is 205 Å². The summed E-state index contributed by atoms with van der Waals surface area (Å²) in [6.07, 6.45) is 0. The van der Waals surface area contributed by atoms with Crippen molar-refractivity contribution in [1.82, 2.24) is 51.4 Å². The van der Waals surface area contributed by atoms with Crippen molar-refractivity contribution in [2.45, 2.75) is 0 Å². The van der Waals surface area contributed by atoms with Crippen LogP contribution in [0.5, 0.6) is 0 Å². The average molecular weight is 652 g/mol. The summed E-state index contributed by atoms with van der Waals surface area (Å²) in [5.41, 5.74) is 0. The molecule has 0 saturated heterocycles. The van der Waals surface area contributed by atoms with Crippen LogP contribution in [0.1, 0.15) is 0 Å². The molecule has 0 aromatic heterocycles. The zero-order valence-corrected chi connectivity index (χ0v) is 33.2.